The van der Waals surface area contributed by atoms with Crippen LogP contribution in [-0.2, 0) is 0 Å². The highest BCUT2D eigenvalue weighted by Gasteiger charge is 2.32. The number of aromatic nitrogens is 3. The molecule has 2 fully saturated rings. The summed E-state index contributed by atoms with van der Waals surface area (Å²) >= 11 is 0. The van der Waals surface area contributed by atoms with Crippen LogP contribution < -0.4 is 0 Å². The van der Waals surface area contributed by atoms with Crippen LogP contribution in [-0.4, -0.2) is 21.3 Å². The van der Waals surface area contributed by atoms with Crippen LogP contribution in [0.25, 0.3) is 0 Å². The molecule has 1 aromatic rings. The minimum absolute atomic E-state index is 0.529. The van der Waals surface area contributed by atoms with E-state index in [2.05, 4.69) is 10.3 Å². The smallest absolute Gasteiger partial charge is 0.172 e. The summed E-state index contributed by atoms with van der Waals surface area (Å²) in [5.74, 6) is 0.529. The Bertz CT molecular complexity index is 375. The largest absolute Gasteiger partial charge is 0.296 e. The third-order valence-electron chi connectivity index (χ3n) is 3.50. The summed E-state index contributed by atoms with van der Waals surface area (Å²) in [7, 11) is 0. The van der Waals surface area contributed by atoms with Gasteiger partial charge in [-0.05, 0) is 25.7 Å². The van der Waals surface area contributed by atoms with E-state index in [0.29, 0.717) is 17.7 Å². The van der Waals surface area contributed by atoms with Crippen LogP contribution in [0.15, 0.2) is 0 Å². The number of carbonyl (C=O) groups excluding carboxylic acids is 1. The molecular weight excluding hydrogens is 190 g/mol. The third-order valence-corrected chi connectivity index (χ3v) is 3.50. The van der Waals surface area contributed by atoms with Gasteiger partial charge in [0.2, 0.25) is 0 Å². The fraction of sp³-hybridized carbons (Fsp3) is 0.727. The molecule has 4 heteroatoms. The first-order chi connectivity index (χ1) is 7.40. The van der Waals surface area contributed by atoms with Crippen molar-refractivity contribution >= 4 is 6.29 Å². The highest BCUT2D eigenvalue weighted by atomic mass is 16.1. The molecule has 0 saturated heterocycles. The molecule has 2 saturated carbocycles. The van der Waals surface area contributed by atoms with Crippen LogP contribution in [0.4, 0.5) is 0 Å². The topological polar surface area (TPSA) is 47.8 Å². The highest BCUT2D eigenvalue weighted by molar-refractivity contribution is 5.73. The molecule has 15 heavy (non-hydrogen) atoms. The standard InChI is InChI=1S/C11H15N3O/c15-7-10-11(8-3-1-2-4-8)14(13-12-10)9-5-6-9/h7-9H,1-6H2. The van der Waals surface area contributed by atoms with Crippen molar-refractivity contribution in [2.75, 3.05) is 0 Å². The van der Waals surface area contributed by atoms with E-state index in [9.17, 15) is 4.79 Å². The van der Waals surface area contributed by atoms with Crippen molar-refractivity contribution in [3.8, 4) is 0 Å². The third kappa shape index (κ3) is 1.48. The Kier molecular flexibility index (Phi) is 2.08. The number of rotatable bonds is 3. The Morgan fingerprint density at radius 3 is 2.53 bits per heavy atom. The summed E-state index contributed by atoms with van der Waals surface area (Å²) in [6.45, 7) is 0. The van der Waals surface area contributed by atoms with Crippen LogP contribution in [0.2, 0.25) is 0 Å². The molecule has 0 aromatic carbocycles. The van der Waals surface area contributed by atoms with Gasteiger partial charge < -0.3 is 0 Å². The molecule has 2 aliphatic rings. The van der Waals surface area contributed by atoms with Gasteiger partial charge in [0.1, 0.15) is 5.69 Å². The van der Waals surface area contributed by atoms with Gasteiger partial charge in [-0.2, -0.15) is 0 Å². The molecule has 80 valence electrons. The molecule has 3 rings (SSSR count). The summed E-state index contributed by atoms with van der Waals surface area (Å²) in [4.78, 5) is 10.9. The molecule has 0 bridgehead atoms. The molecular formula is C11H15N3O. The minimum Gasteiger partial charge on any atom is -0.296 e. The second kappa shape index (κ2) is 3.43. The Morgan fingerprint density at radius 2 is 1.93 bits per heavy atom. The molecule has 0 amide bonds. The van der Waals surface area contributed by atoms with Gasteiger partial charge in [0, 0.05) is 5.92 Å². The first kappa shape index (κ1) is 9.07. The number of hydrogen-bond donors (Lipinski definition) is 0. The number of nitrogens with zero attached hydrogens (tertiary/aromatic N) is 3. The van der Waals surface area contributed by atoms with Crippen LogP contribution >= 0.6 is 0 Å². The van der Waals surface area contributed by atoms with Crippen LogP contribution in [0.1, 0.15) is 66.7 Å². The molecule has 0 aliphatic heterocycles. The number of aldehydes is 1. The maximum absolute atomic E-state index is 10.9. The predicted molar refractivity (Wildman–Crippen MR) is 54.9 cm³/mol. The lowest BCUT2D eigenvalue weighted by Gasteiger charge is -2.11. The second-order valence-corrected chi connectivity index (χ2v) is 4.63. The lowest BCUT2D eigenvalue weighted by molar-refractivity contribution is 0.111. The molecule has 0 spiro atoms. The van der Waals surface area contributed by atoms with Gasteiger partial charge >= 0.3 is 0 Å². The Balaban J connectivity index is 2.00. The van der Waals surface area contributed by atoms with E-state index < -0.39 is 0 Å². The van der Waals surface area contributed by atoms with Gasteiger partial charge in [-0.25, -0.2) is 4.68 Å². The number of hydrogen-bond acceptors (Lipinski definition) is 3. The lowest BCUT2D eigenvalue weighted by Crippen LogP contribution is -2.07. The van der Waals surface area contributed by atoms with Crippen molar-refractivity contribution in [3.63, 3.8) is 0 Å². The molecule has 1 aromatic heterocycles. The molecule has 0 unspecified atom stereocenters. The summed E-state index contributed by atoms with van der Waals surface area (Å²) in [5.41, 5.74) is 1.69. The predicted octanol–water partition coefficient (Wildman–Crippen LogP) is 2.08. The van der Waals surface area contributed by atoms with E-state index in [4.69, 9.17) is 0 Å². The quantitative estimate of drug-likeness (QED) is 0.710. The van der Waals surface area contributed by atoms with Crippen molar-refractivity contribution in [3.05, 3.63) is 11.4 Å². The second-order valence-electron chi connectivity index (χ2n) is 4.63. The molecule has 0 N–H and O–H groups in total. The fourth-order valence-electron chi connectivity index (χ4n) is 2.58. The van der Waals surface area contributed by atoms with E-state index in [1.54, 1.807) is 0 Å². The average molecular weight is 205 g/mol. The maximum atomic E-state index is 10.9. The van der Waals surface area contributed by atoms with Crippen molar-refractivity contribution in [1.82, 2.24) is 15.0 Å². The van der Waals surface area contributed by atoms with Crippen molar-refractivity contribution in [2.24, 2.45) is 0 Å². The first-order valence-corrected chi connectivity index (χ1v) is 5.80. The van der Waals surface area contributed by atoms with Gasteiger partial charge in [-0.1, -0.05) is 18.1 Å². The zero-order chi connectivity index (χ0) is 10.3. The monoisotopic (exact) mass is 205 g/mol. The maximum Gasteiger partial charge on any atom is 0.172 e. The average Bonchev–Trinajstić information content (AvgIpc) is 2.83. The van der Waals surface area contributed by atoms with Crippen LogP contribution in [0.5, 0.6) is 0 Å². The van der Waals surface area contributed by atoms with Crippen LogP contribution in [0.3, 0.4) is 0 Å². The molecule has 0 atom stereocenters. The van der Waals surface area contributed by atoms with Crippen molar-refractivity contribution in [2.45, 2.75) is 50.5 Å². The lowest BCUT2D eigenvalue weighted by atomic mass is 10.0. The van der Waals surface area contributed by atoms with E-state index >= 15 is 0 Å². The van der Waals surface area contributed by atoms with E-state index in [1.165, 1.54) is 38.5 Å². The molecule has 2 aliphatic carbocycles. The Labute approximate surface area is 88.7 Å². The fourth-order valence-corrected chi connectivity index (χ4v) is 2.58. The summed E-state index contributed by atoms with van der Waals surface area (Å²) in [5, 5.41) is 8.11. The van der Waals surface area contributed by atoms with Crippen molar-refractivity contribution in [1.29, 1.82) is 0 Å². The zero-order valence-electron chi connectivity index (χ0n) is 8.72. The van der Waals surface area contributed by atoms with Gasteiger partial charge in [0.25, 0.3) is 0 Å². The Morgan fingerprint density at radius 1 is 1.20 bits per heavy atom. The molecule has 4 nitrogen and oxygen atoms in total. The van der Waals surface area contributed by atoms with Crippen LogP contribution in [0, 0.1) is 0 Å². The van der Waals surface area contributed by atoms with Gasteiger partial charge in [0.05, 0.1) is 11.7 Å². The summed E-state index contributed by atoms with van der Waals surface area (Å²) < 4.78 is 2.01. The summed E-state index contributed by atoms with van der Waals surface area (Å²) in [6.07, 6.45) is 8.20. The molecule has 0 radical (unpaired) electrons. The van der Waals surface area contributed by atoms with Crippen molar-refractivity contribution < 1.29 is 4.79 Å². The SMILES string of the molecule is O=Cc1nnn(C2CC2)c1C1CCCC1. The van der Waals surface area contributed by atoms with Gasteiger partial charge in [-0.15, -0.1) is 5.10 Å². The molecule has 1 heterocycles. The van der Waals surface area contributed by atoms with E-state index in [-0.39, 0.29) is 0 Å². The Hall–Kier alpha value is -1.19. The summed E-state index contributed by atoms with van der Waals surface area (Å²) in [6, 6.07) is 0.529. The highest BCUT2D eigenvalue weighted by Crippen LogP contribution is 2.41. The first-order valence-electron chi connectivity index (χ1n) is 5.80. The zero-order valence-corrected chi connectivity index (χ0v) is 8.72. The van der Waals surface area contributed by atoms with Gasteiger partial charge in [-0.3, -0.25) is 4.79 Å². The van der Waals surface area contributed by atoms with Gasteiger partial charge in [0.15, 0.2) is 6.29 Å². The number of carbonyl (C=O) groups is 1. The van der Waals surface area contributed by atoms with E-state index in [1.807, 2.05) is 4.68 Å². The minimum atomic E-state index is 0.529. The van der Waals surface area contributed by atoms with E-state index in [0.717, 1.165) is 12.0 Å². The normalized spacial score (nSPS) is 22.1.